The highest BCUT2D eigenvalue weighted by atomic mass is 19.1. The number of carboxylic acid groups (broad SMARTS) is 1. The van der Waals surface area contributed by atoms with Crippen LogP contribution in [0.3, 0.4) is 0 Å². The van der Waals surface area contributed by atoms with E-state index in [4.69, 9.17) is 0 Å². The van der Waals surface area contributed by atoms with E-state index < -0.39 is 11.9 Å². The van der Waals surface area contributed by atoms with Gasteiger partial charge in [-0.2, -0.15) is 0 Å². The topological polar surface area (TPSA) is 69.6 Å². The zero-order valence-corrected chi connectivity index (χ0v) is 14.5. The van der Waals surface area contributed by atoms with Gasteiger partial charge in [-0.1, -0.05) is 19.1 Å². The van der Waals surface area contributed by atoms with Crippen LogP contribution in [0.25, 0.3) is 0 Å². The molecule has 25 heavy (non-hydrogen) atoms. The number of carbonyl (C=O) groups is 2. The van der Waals surface area contributed by atoms with Gasteiger partial charge in [-0.25, -0.2) is 9.18 Å². The smallest absolute Gasteiger partial charge is 0.317 e. The summed E-state index contributed by atoms with van der Waals surface area (Å²) in [5.41, 5.74) is 0.981. The van der Waals surface area contributed by atoms with E-state index in [9.17, 15) is 19.1 Å². The Labute approximate surface area is 147 Å². The lowest BCUT2D eigenvalue weighted by Crippen LogP contribution is -2.51. The molecule has 0 spiro atoms. The molecular weight excluding hydrogens is 323 g/mol. The predicted molar refractivity (Wildman–Crippen MR) is 91.8 cm³/mol. The van der Waals surface area contributed by atoms with Crippen molar-refractivity contribution >= 4 is 12.0 Å². The van der Waals surface area contributed by atoms with E-state index in [1.165, 1.54) is 6.07 Å². The highest BCUT2D eigenvalue weighted by Gasteiger charge is 2.34. The van der Waals surface area contributed by atoms with E-state index in [0.29, 0.717) is 13.0 Å². The number of benzene rings is 1. The Morgan fingerprint density at radius 1 is 1.24 bits per heavy atom. The minimum atomic E-state index is -0.837. The van der Waals surface area contributed by atoms with Crippen LogP contribution in [0.2, 0.25) is 0 Å². The zero-order valence-electron chi connectivity index (χ0n) is 14.5. The van der Waals surface area contributed by atoms with Gasteiger partial charge in [0.15, 0.2) is 0 Å². The number of carbonyl (C=O) groups excluding carboxylic acids is 1. The van der Waals surface area contributed by atoms with Crippen molar-refractivity contribution in [3.05, 3.63) is 35.6 Å². The van der Waals surface area contributed by atoms with Crippen LogP contribution >= 0.6 is 0 Å². The summed E-state index contributed by atoms with van der Waals surface area (Å²) in [6, 6.07) is 6.54. The molecule has 0 aromatic heterocycles. The Morgan fingerprint density at radius 2 is 2.04 bits per heavy atom. The Balaban J connectivity index is 1.56. The van der Waals surface area contributed by atoms with Gasteiger partial charge in [-0.05, 0) is 55.2 Å². The zero-order chi connectivity index (χ0) is 18.0. The van der Waals surface area contributed by atoms with Crippen LogP contribution in [-0.2, 0) is 4.79 Å². The van der Waals surface area contributed by atoms with Gasteiger partial charge in [-0.3, -0.25) is 4.79 Å². The van der Waals surface area contributed by atoms with Crippen LogP contribution in [0, 0.1) is 17.7 Å². The van der Waals surface area contributed by atoms with Crippen molar-refractivity contribution in [1.82, 2.24) is 10.2 Å². The maximum atomic E-state index is 13.4. The van der Waals surface area contributed by atoms with Crippen LogP contribution in [0.5, 0.6) is 0 Å². The van der Waals surface area contributed by atoms with Crippen LogP contribution < -0.4 is 5.32 Å². The first kappa shape index (κ1) is 17.7. The number of carboxylic acids is 1. The molecule has 136 valence electrons. The number of rotatable bonds is 3. The molecule has 0 bridgehead atoms. The Bertz CT molecular complexity index is 651. The van der Waals surface area contributed by atoms with Gasteiger partial charge in [0, 0.05) is 19.1 Å². The van der Waals surface area contributed by atoms with Gasteiger partial charge in [-0.15, -0.1) is 0 Å². The van der Waals surface area contributed by atoms with E-state index in [2.05, 4.69) is 5.32 Å². The molecule has 1 saturated heterocycles. The summed E-state index contributed by atoms with van der Waals surface area (Å²) in [7, 11) is 0. The number of aliphatic carboxylic acids is 1. The predicted octanol–water partition coefficient (Wildman–Crippen LogP) is 3.21. The third kappa shape index (κ3) is 4.30. The molecule has 0 radical (unpaired) electrons. The third-order valence-corrected chi connectivity index (χ3v) is 5.38. The molecule has 5 nitrogen and oxygen atoms in total. The van der Waals surface area contributed by atoms with Crippen molar-refractivity contribution < 1.29 is 19.1 Å². The van der Waals surface area contributed by atoms with Gasteiger partial charge in [0.2, 0.25) is 0 Å². The molecule has 1 aliphatic carbocycles. The monoisotopic (exact) mass is 348 g/mol. The molecule has 1 heterocycles. The third-order valence-electron chi connectivity index (χ3n) is 5.38. The Morgan fingerprint density at radius 3 is 2.76 bits per heavy atom. The number of nitrogens with zero attached hydrogens (tertiary/aromatic N) is 1. The van der Waals surface area contributed by atoms with E-state index in [0.717, 1.165) is 24.8 Å². The molecule has 1 aromatic rings. The molecule has 3 rings (SSSR count). The summed E-state index contributed by atoms with van der Waals surface area (Å²) in [6.45, 7) is 2.84. The summed E-state index contributed by atoms with van der Waals surface area (Å²) in [5, 5.41) is 12.3. The summed E-state index contributed by atoms with van der Waals surface area (Å²) in [5.74, 6) is -1.11. The fourth-order valence-electron chi connectivity index (χ4n) is 4.14. The minimum Gasteiger partial charge on any atom is -0.481 e. The number of urea groups is 1. The second kappa shape index (κ2) is 7.42. The van der Waals surface area contributed by atoms with Crippen molar-refractivity contribution in [2.24, 2.45) is 11.8 Å². The van der Waals surface area contributed by atoms with E-state index in [-0.39, 0.29) is 36.3 Å². The first-order chi connectivity index (χ1) is 11.9. The number of halogens is 1. The fraction of sp³-hybridized carbons (Fsp3) is 0.579. The van der Waals surface area contributed by atoms with Crippen molar-refractivity contribution in [1.29, 1.82) is 0 Å². The molecule has 6 heteroatoms. The Kier molecular flexibility index (Phi) is 5.25. The van der Waals surface area contributed by atoms with Crippen LogP contribution in [0.1, 0.15) is 44.1 Å². The lowest BCUT2D eigenvalue weighted by molar-refractivity contribution is -0.143. The van der Waals surface area contributed by atoms with Gasteiger partial charge < -0.3 is 15.3 Å². The molecular formula is C19H25FN2O3. The second-order valence-electron chi connectivity index (χ2n) is 7.49. The van der Waals surface area contributed by atoms with Crippen molar-refractivity contribution in [2.45, 2.75) is 44.6 Å². The summed E-state index contributed by atoms with van der Waals surface area (Å²) < 4.78 is 13.4. The first-order valence-corrected chi connectivity index (χ1v) is 8.96. The normalized spacial score (nSPS) is 29.4. The molecule has 4 unspecified atom stereocenters. The van der Waals surface area contributed by atoms with Gasteiger partial charge in [0.25, 0.3) is 0 Å². The number of nitrogens with one attached hydrogen (secondary N) is 1. The van der Waals surface area contributed by atoms with Gasteiger partial charge >= 0.3 is 12.0 Å². The summed E-state index contributed by atoms with van der Waals surface area (Å²) >= 11 is 0. The van der Waals surface area contributed by atoms with Crippen molar-refractivity contribution in [3.8, 4) is 0 Å². The lowest BCUT2D eigenvalue weighted by atomic mass is 9.91. The average Bonchev–Trinajstić information content (AvgIpc) is 3.02. The molecule has 1 aromatic carbocycles. The van der Waals surface area contributed by atoms with Gasteiger partial charge in [0.1, 0.15) is 5.82 Å². The number of likely N-dealkylation sites (tertiary alicyclic amines) is 1. The molecule has 2 amide bonds. The number of hydrogen-bond donors (Lipinski definition) is 2. The van der Waals surface area contributed by atoms with Crippen molar-refractivity contribution in [2.75, 3.05) is 13.1 Å². The van der Waals surface area contributed by atoms with E-state index in [1.54, 1.807) is 17.0 Å². The molecule has 1 aliphatic heterocycles. The molecule has 2 fully saturated rings. The molecule has 2 N–H and O–H groups in total. The van der Waals surface area contributed by atoms with E-state index >= 15 is 0 Å². The number of piperidine rings is 1. The lowest BCUT2D eigenvalue weighted by Gasteiger charge is -2.35. The first-order valence-electron chi connectivity index (χ1n) is 8.96. The SMILES string of the molecule is CC1CC(C(=O)O)CN(C(=O)NC2CCC(c3cccc(F)c3)C2)C1. The maximum Gasteiger partial charge on any atom is 0.317 e. The average molecular weight is 348 g/mol. The highest BCUT2D eigenvalue weighted by molar-refractivity contribution is 5.77. The van der Waals surface area contributed by atoms with Crippen LogP contribution in [0.4, 0.5) is 9.18 Å². The molecule has 1 saturated carbocycles. The largest absolute Gasteiger partial charge is 0.481 e. The minimum absolute atomic E-state index is 0.0567. The van der Waals surface area contributed by atoms with Crippen LogP contribution in [-0.4, -0.2) is 41.1 Å². The van der Waals surface area contributed by atoms with E-state index in [1.807, 2.05) is 13.0 Å². The highest BCUT2D eigenvalue weighted by Crippen LogP contribution is 2.35. The number of hydrogen-bond acceptors (Lipinski definition) is 2. The molecule has 2 aliphatic rings. The summed E-state index contributed by atoms with van der Waals surface area (Å²) in [4.78, 5) is 25.4. The summed E-state index contributed by atoms with van der Waals surface area (Å²) in [6.07, 6.45) is 3.19. The van der Waals surface area contributed by atoms with Crippen LogP contribution in [0.15, 0.2) is 24.3 Å². The Hall–Kier alpha value is -2.11. The van der Waals surface area contributed by atoms with Crippen molar-refractivity contribution in [3.63, 3.8) is 0 Å². The number of amides is 2. The second-order valence-corrected chi connectivity index (χ2v) is 7.49. The maximum absolute atomic E-state index is 13.4. The molecule has 4 atom stereocenters. The van der Waals surface area contributed by atoms with Gasteiger partial charge in [0.05, 0.1) is 5.92 Å². The fourth-order valence-corrected chi connectivity index (χ4v) is 4.14. The standard InChI is InChI=1S/C19H25FN2O3/c1-12-7-15(18(23)24)11-22(10-12)19(25)21-17-6-5-14(9-17)13-3-2-4-16(20)8-13/h2-4,8,12,14-15,17H,5-7,9-11H2,1H3,(H,21,25)(H,23,24). The quantitative estimate of drug-likeness (QED) is 0.881.